The Morgan fingerprint density at radius 3 is 2.75 bits per heavy atom. The van der Waals surface area contributed by atoms with E-state index in [4.69, 9.17) is 15.6 Å². The van der Waals surface area contributed by atoms with E-state index >= 15 is 0 Å². The Labute approximate surface area is 121 Å². The van der Waals surface area contributed by atoms with Crippen molar-refractivity contribution >= 4 is 37.7 Å². The van der Waals surface area contributed by atoms with Gasteiger partial charge in [0.1, 0.15) is 0 Å². The Morgan fingerprint density at radius 1 is 1.35 bits per heavy atom. The molecule has 4 unspecified atom stereocenters. The van der Waals surface area contributed by atoms with E-state index in [1.165, 1.54) is 10.9 Å². The van der Waals surface area contributed by atoms with Crippen molar-refractivity contribution in [1.82, 2.24) is 19.5 Å². The molecule has 3 rings (SSSR count). The average molecular weight is 345 g/mol. The van der Waals surface area contributed by atoms with Crippen LogP contribution >= 0.6 is 0 Å². The first-order chi connectivity index (χ1) is 9.54. The van der Waals surface area contributed by atoms with Crippen molar-refractivity contribution in [1.29, 1.82) is 0 Å². The first-order valence-corrected chi connectivity index (χ1v) is 6.68. The summed E-state index contributed by atoms with van der Waals surface area (Å²) in [4.78, 5) is 12.1. The molecule has 1 aliphatic rings. The molecule has 2 aromatic rings. The summed E-state index contributed by atoms with van der Waals surface area (Å²) < 4.78 is 7.33. The standard InChI is InChI=1S/C10H12N5O4Se/c11-7-4-8(13-2-12-7)15(10(20)14-4)9-6(18)5(17)3(1-16)19-9/h2-3,5-6,9,16-18H,1H2,(H2,11,12,13). The van der Waals surface area contributed by atoms with Crippen LogP contribution < -0.4 is 10.5 Å². The van der Waals surface area contributed by atoms with Gasteiger partial charge in [0.25, 0.3) is 0 Å². The zero-order valence-electron chi connectivity index (χ0n) is 10.1. The Morgan fingerprint density at radius 2 is 2.10 bits per heavy atom. The van der Waals surface area contributed by atoms with Gasteiger partial charge >= 0.3 is 121 Å². The topological polar surface area (TPSA) is 140 Å². The second-order valence-electron chi connectivity index (χ2n) is 4.42. The van der Waals surface area contributed by atoms with Gasteiger partial charge in [0.15, 0.2) is 0 Å². The molecular formula is C10H12N5O4Se. The summed E-state index contributed by atoms with van der Waals surface area (Å²) in [5, 5.41) is 29.0. The van der Waals surface area contributed by atoms with Crippen molar-refractivity contribution in [2.45, 2.75) is 24.5 Å². The Kier molecular flexibility index (Phi) is 3.36. The minimum atomic E-state index is -1.21. The third-order valence-electron chi connectivity index (χ3n) is 3.24. The number of fused-ring (bicyclic) bond motifs is 1. The van der Waals surface area contributed by atoms with Gasteiger partial charge in [0.05, 0.1) is 0 Å². The van der Waals surface area contributed by atoms with Crippen molar-refractivity contribution in [3.05, 3.63) is 6.33 Å². The molecule has 0 amide bonds. The van der Waals surface area contributed by atoms with Gasteiger partial charge in [-0.15, -0.1) is 0 Å². The predicted octanol–water partition coefficient (Wildman–Crippen LogP) is -3.19. The zero-order chi connectivity index (χ0) is 14.4. The van der Waals surface area contributed by atoms with Crippen LogP contribution in [0.5, 0.6) is 0 Å². The summed E-state index contributed by atoms with van der Waals surface area (Å²) in [7, 11) is 0. The summed E-state index contributed by atoms with van der Waals surface area (Å²) in [5.41, 5.74) is 6.47. The first kappa shape index (κ1) is 13.7. The van der Waals surface area contributed by atoms with E-state index in [-0.39, 0.29) is 5.82 Å². The van der Waals surface area contributed by atoms with Gasteiger partial charge in [-0.25, -0.2) is 0 Å². The van der Waals surface area contributed by atoms with Gasteiger partial charge in [-0.2, -0.15) is 0 Å². The van der Waals surface area contributed by atoms with E-state index in [0.717, 1.165) is 0 Å². The fraction of sp³-hybridized carbons (Fsp3) is 0.500. The number of aromatic nitrogens is 4. The molecule has 0 spiro atoms. The Hall–Kier alpha value is -1.29. The monoisotopic (exact) mass is 346 g/mol. The number of rotatable bonds is 2. The third-order valence-corrected chi connectivity index (χ3v) is 3.85. The van der Waals surface area contributed by atoms with Crippen LogP contribution in [0.3, 0.4) is 0 Å². The van der Waals surface area contributed by atoms with Gasteiger partial charge in [-0.3, -0.25) is 0 Å². The molecule has 4 atom stereocenters. The fourth-order valence-corrected chi connectivity index (χ4v) is 2.82. The van der Waals surface area contributed by atoms with Crippen LogP contribution in [-0.2, 0) is 4.74 Å². The number of aliphatic hydroxyl groups excluding tert-OH is 3. The Bertz CT molecular complexity index is 650. The summed E-state index contributed by atoms with van der Waals surface area (Å²) in [6.07, 6.45) is -2.92. The number of nitrogen functional groups attached to an aromatic ring is 1. The van der Waals surface area contributed by atoms with Crippen LogP contribution in [0.2, 0.25) is 0 Å². The molecule has 3 heterocycles. The number of ether oxygens (including phenoxy) is 1. The van der Waals surface area contributed by atoms with Crippen LogP contribution in [0.1, 0.15) is 6.23 Å². The van der Waals surface area contributed by atoms with Gasteiger partial charge in [0, 0.05) is 0 Å². The van der Waals surface area contributed by atoms with Crippen LogP contribution in [0.15, 0.2) is 6.33 Å². The molecule has 1 aliphatic heterocycles. The van der Waals surface area contributed by atoms with Gasteiger partial charge in [-0.1, -0.05) is 0 Å². The minimum absolute atomic E-state index is 0.206. The van der Waals surface area contributed by atoms with Crippen molar-refractivity contribution in [2.24, 2.45) is 0 Å². The fourth-order valence-electron chi connectivity index (χ4n) is 2.23. The molecule has 0 saturated carbocycles. The number of imidazole rings is 1. The average Bonchev–Trinajstić information content (AvgIpc) is 2.90. The van der Waals surface area contributed by atoms with Gasteiger partial charge in [0.2, 0.25) is 0 Å². The van der Waals surface area contributed by atoms with Gasteiger partial charge in [-0.05, 0) is 0 Å². The number of nitrogens with zero attached hydrogens (tertiary/aromatic N) is 4. The van der Waals surface area contributed by atoms with Crippen LogP contribution in [-0.4, -0.2) is 75.8 Å². The number of hydrogen-bond donors (Lipinski definition) is 4. The van der Waals surface area contributed by atoms with Gasteiger partial charge < -0.3 is 0 Å². The van der Waals surface area contributed by atoms with E-state index in [1.807, 2.05) is 0 Å². The molecule has 1 saturated heterocycles. The summed E-state index contributed by atoms with van der Waals surface area (Å²) in [5.74, 6) is 0.206. The summed E-state index contributed by atoms with van der Waals surface area (Å²) in [6, 6.07) is 0. The molecule has 107 valence electrons. The van der Waals surface area contributed by atoms with Crippen LogP contribution in [0.25, 0.3) is 11.2 Å². The third kappa shape index (κ3) is 1.89. The second-order valence-corrected chi connectivity index (χ2v) is 5.19. The van der Waals surface area contributed by atoms with Crippen LogP contribution in [0, 0.1) is 0 Å². The van der Waals surface area contributed by atoms with E-state index < -0.39 is 31.1 Å². The number of anilines is 1. The maximum absolute atomic E-state index is 10.1. The molecule has 0 bridgehead atoms. The molecule has 20 heavy (non-hydrogen) atoms. The van der Waals surface area contributed by atoms with Crippen molar-refractivity contribution in [3.63, 3.8) is 0 Å². The quantitative estimate of drug-likeness (QED) is 0.418. The first-order valence-electron chi connectivity index (χ1n) is 5.82. The molecule has 5 N–H and O–H groups in total. The molecule has 0 aliphatic carbocycles. The molecule has 1 radical (unpaired) electrons. The van der Waals surface area contributed by atoms with E-state index in [9.17, 15) is 10.2 Å². The summed E-state index contributed by atoms with van der Waals surface area (Å²) in [6.45, 7) is -0.402. The van der Waals surface area contributed by atoms with Crippen molar-refractivity contribution in [2.75, 3.05) is 12.3 Å². The van der Waals surface area contributed by atoms with E-state index in [1.54, 1.807) is 0 Å². The van der Waals surface area contributed by atoms with E-state index in [2.05, 4.69) is 31.0 Å². The SMILES string of the molecule is Nc1ncnc2c1nc([Se])n2C1OC(CO)C(O)C1O. The molecule has 0 aromatic carbocycles. The Balaban J connectivity index is 2.11. The summed E-state index contributed by atoms with van der Waals surface area (Å²) >= 11 is 2.73. The number of aliphatic hydroxyl groups is 3. The molecule has 9 nitrogen and oxygen atoms in total. The predicted molar refractivity (Wildman–Crippen MR) is 68.1 cm³/mol. The molecule has 10 heteroatoms. The number of hydrogen-bond acceptors (Lipinski definition) is 8. The molecular weight excluding hydrogens is 333 g/mol. The number of nitrogens with two attached hydrogens (primary N) is 1. The van der Waals surface area contributed by atoms with Crippen LogP contribution in [0.4, 0.5) is 5.82 Å². The van der Waals surface area contributed by atoms with E-state index in [0.29, 0.717) is 15.9 Å². The zero-order valence-corrected chi connectivity index (χ0v) is 11.8. The van der Waals surface area contributed by atoms with Crippen molar-refractivity contribution in [3.8, 4) is 0 Å². The second kappa shape index (κ2) is 4.92. The molecule has 2 aromatic heterocycles. The van der Waals surface area contributed by atoms with Crippen molar-refractivity contribution < 1.29 is 20.1 Å². The normalized spacial score (nSPS) is 30.1. The molecule has 1 fully saturated rings. The maximum atomic E-state index is 10.1.